The molecule has 0 radical (unpaired) electrons. The number of rotatable bonds is 3. The van der Waals surface area contributed by atoms with Crippen molar-refractivity contribution in [3.63, 3.8) is 0 Å². The number of nitrogens with zero attached hydrogens (tertiary/aromatic N) is 1. The van der Waals surface area contributed by atoms with Crippen LogP contribution in [0.3, 0.4) is 0 Å². The van der Waals surface area contributed by atoms with Crippen molar-refractivity contribution in [1.29, 1.82) is 0 Å². The lowest BCUT2D eigenvalue weighted by molar-refractivity contribution is -0.385. The summed E-state index contributed by atoms with van der Waals surface area (Å²) in [4.78, 5) is 43.8. The predicted molar refractivity (Wildman–Crippen MR) is 72.1 cm³/mol. The molecule has 21 heavy (non-hydrogen) atoms. The molecule has 1 aliphatic heterocycles. The van der Waals surface area contributed by atoms with Gasteiger partial charge in [0.05, 0.1) is 10.5 Å². The van der Waals surface area contributed by atoms with E-state index in [0.29, 0.717) is 5.69 Å². The largest absolute Gasteiger partial charge is 0.326 e. The van der Waals surface area contributed by atoms with E-state index >= 15 is 0 Å². The Bertz CT molecular complexity index is 695. The number of imide groups is 1. The summed E-state index contributed by atoms with van der Waals surface area (Å²) in [5.74, 6) is -1.02. The SMILES string of the molecule is CC(=O)Nc1ccc([N+](=O)[O-])c(/C=C2/NC(=O)NC2=O)c1. The van der Waals surface area contributed by atoms with Gasteiger partial charge in [0.25, 0.3) is 11.6 Å². The summed E-state index contributed by atoms with van der Waals surface area (Å²) in [5.41, 5.74) is 0.0527. The average molecular weight is 290 g/mol. The first-order valence-electron chi connectivity index (χ1n) is 5.77. The van der Waals surface area contributed by atoms with Gasteiger partial charge < -0.3 is 10.6 Å². The fourth-order valence-corrected chi connectivity index (χ4v) is 1.76. The number of nitro benzene ring substituents is 1. The third-order valence-electron chi connectivity index (χ3n) is 2.56. The van der Waals surface area contributed by atoms with Crippen molar-refractivity contribution in [3.05, 3.63) is 39.6 Å². The predicted octanol–water partition coefficient (Wildman–Crippen LogP) is 0.733. The van der Waals surface area contributed by atoms with Crippen molar-refractivity contribution in [2.75, 3.05) is 5.32 Å². The highest BCUT2D eigenvalue weighted by molar-refractivity contribution is 6.14. The summed E-state index contributed by atoms with van der Waals surface area (Å²) in [6.07, 6.45) is 1.17. The molecule has 4 amide bonds. The van der Waals surface area contributed by atoms with Crippen molar-refractivity contribution in [2.24, 2.45) is 0 Å². The number of nitrogens with one attached hydrogen (secondary N) is 3. The summed E-state index contributed by atoms with van der Waals surface area (Å²) in [6.45, 7) is 1.30. The number of anilines is 1. The van der Waals surface area contributed by atoms with Gasteiger partial charge in [0, 0.05) is 18.7 Å². The van der Waals surface area contributed by atoms with Crippen LogP contribution in [0.1, 0.15) is 12.5 Å². The molecule has 0 atom stereocenters. The summed E-state index contributed by atoms with van der Waals surface area (Å²) in [7, 11) is 0. The van der Waals surface area contributed by atoms with Crippen LogP contribution in [0.4, 0.5) is 16.2 Å². The number of urea groups is 1. The monoisotopic (exact) mass is 290 g/mol. The number of carbonyl (C=O) groups is 3. The Morgan fingerprint density at radius 3 is 2.57 bits per heavy atom. The van der Waals surface area contributed by atoms with Crippen LogP contribution < -0.4 is 16.0 Å². The van der Waals surface area contributed by atoms with E-state index in [0.717, 1.165) is 0 Å². The van der Waals surface area contributed by atoms with Crippen LogP contribution in [-0.4, -0.2) is 22.8 Å². The minimum Gasteiger partial charge on any atom is -0.326 e. The Hall–Kier alpha value is -3.23. The second-order valence-electron chi connectivity index (χ2n) is 4.18. The Labute approximate surface area is 118 Å². The third kappa shape index (κ3) is 3.21. The van der Waals surface area contributed by atoms with E-state index in [4.69, 9.17) is 0 Å². The van der Waals surface area contributed by atoms with Crippen molar-refractivity contribution in [3.8, 4) is 0 Å². The summed E-state index contributed by atoms with van der Waals surface area (Å²) in [6, 6.07) is 3.21. The minimum absolute atomic E-state index is 0.0820. The smallest absolute Gasteiger partial charge is 0.326 e. The highest BCUT2D eigenvalue weighted by atomic mass is 16.6. The Morgan fingerprint density at radius 2 is 2.05 bits per heavy atom. The molecule has 1 heterocycles. The van der Waals surface area contributed by atoms with Crippen molar-refractivity contribution in [1.82, 2.24) is 10.6 Å². The fourth-order valence-electron chi connectivity index (χ4n) is 1.76. The third-order valence-corrected chi connectivity index (χ3v) is 2.56. The molecule has 1 saturated heterocycles. The molecule has 0 unspecified atom stereocenters. The first-order chi connectivity index (χ1) is 9.86. The van der Waals surface area contributed by atoms with Gasteiger partial charge in [-0.1, -0.05) is 0 Å². The molecule has 0 aliphatic carbocycles. The lowest BCUT2D eigenvalue weighted by Crippen LogP contribution is -2.22. The molecule has 9 heteroatoms. The molecular weight excluding hydrogens is 280 g/mol. The zero-order chi connectivity index (χ0) is 15.6. The molecule has 9 nitrogen and oxygen atoms in total. The van der Waals surface area contributed by atoms with E-state index in [1.807, 2.05) is 5.32 Å². The number of amides is 4. The standard InChI is InChI=1S/C12H10N4O5/c1-6(17)13-8-2-3-10(16(20)21)7(4-8)5-9-11(18)15-12(19)14-9/h2-5H,1H3,(H,13,17)(H2,14,15,18,19)/b9-5+. The minimum atomic E-state index is -0.702. The summed E-state index contributed by atoms with van der Waals surface area (Å²) in [5, 5.41) is 17.7. The molecule has 1 aromatic carbocycles. The molecule has 3 N–H and O–H groups in total. The molecule has 1 aliphatic rings. The van der Waals surface area contributed by atoms with Crippen LogP contribution >= 0.6 is 0 Å². The van der Waals surface area contributed by atoms with Gasteiger partial charge in [-0.3, -0.25) is 25.0 Å². The first kappa shape index (κ1) is 14.2. The zero-order valence-corrected chi connectivity index (χ0v) is 10.8. The van der Waals surface area contributed by atoms with Crippen LogP contribution in [0.25, 0.3) is 6.08 Å². The molecule has 2 rings (SSSR count). The highest BCUT2D eigenvalue weighted by Crippen LogP contribution is 2.25. The first-order valence-corrected chi connectivity index (χ1v) is 5.77. The lowest BCUT2D eigenvalue weighted by atomic mass is 10.1. The Morgan fingerprint density at radius 1 is 1.33 bits per heavy atom. The van der Waals surface area contributed by atoms with Crippen molar-refractivity contribution in [2.45, 2.75) is 6.92 Å². The van der Waals surface area contributed by atoms with Gasteiger partial charge in [-0.15, -0.1) is 0 Å². The maximum atomic E-state index is 11.4. The fraction of sp³-hybridized carbons (Fsp3) is 0.0833. The number of carbonyl (C=O) groups excluding carboxylic acids is 3. The quantitative estimate of drug-likeness (QED) is 0.327. The Kier molecular flexibility index (Phi) is 3.65. The molecule has 0 aromatic heterocycles. The lowest BCUT2D eigenvalue weighted by Gasteiger charge is -2.04. The van der Waals surface area contributed by atoms with Gasteiger partial charge in [-0.2, -0.15) is 0 Å². The van der Waals surface area contributed by atoms with E-state index in [1.165, 1.54) is 31.2 Å². The van der Waals surface area contributed by atoms with Crippen LogP contribution in [0.5, 0.6) is 0 Å². The number of hydrogen-bond donors (Lipinski definition) is 3. The van der Waals surface area contributed by atoms with Crippen molar-refractivity contribution < 1.29 is 19.3 Å². The maximum absolute atomic E-state index is 11.4. The molecular formula is C12H10N4O5. The second-order valence-corrected chi connectivity index (χ2v) is 4.18. The van der Waals surface area contributed by atoms with Crippen LogP contribution in [0.15, 0.2) is 23.9 Å². The molecule has 1 aromatic rings. The molecule has 0 saturated carbocycles. The van der Waals surface area contributed by atoms with Crippen LogP contribution in [0.2, 0.25) is 0 Å². The van der Waals surface area contributed by atoms with E-state index in [-0.39, 0.29) is 22.9 Å². The van der Waals surface area contributed by atoms with E-state index < -0.39 is 16.9 Å². The topological polar surface area (TPSA) is 130 Å². The molecule has 108 valence electrons. The molecule has 0 spiro atoms. The second kappa shape index (κ2) is 5.41. The van der Waals surface area contributed by atoms with Gasteiger partial charge in [-0.25, -0.2) is 4.79 Å². The molecule has 0 bridgehead atoms. The van der Waals surface area contributed by atoms with Crippen LogP contribution in [-0.2, 0) is 9.59 Å². The van der Waals surface area contributed by atoms with E-state index in [9.17, 15) is 24.5 Å². The van der Waals surface area contributed by atoms with Gasteiger partial charge in [0.2, 0.25) is 5.91 Å². The van der Waals surface area contributed by atoms with Gasteiger partial charge in [0.1, 0.15) is 5.70 Å². The van der Waals surface area contributed by atoms with E-state index in [1.54, 1.807) is 0 Å². The van der Waals surface area contributed by atoms with E-state index in [2.05, 4.69) is 10.6 Å². The van der Waals surface area contributed by atoms with Gasteiger partial charge in [-0.05, 0) is 18.2 Å². The Balaban J connectivity index is 2.46. The molecule has 1 fully saturated rings. The normalized spacial score (nSPS) is 15.6. The highest BCUT2D eigenvalue weighted by Gasteiger charge is 2.24. The van der Waals surface area contributed by atoms with Crippen LogP contribution in [0, 0.1) is 10.1 Å². The average Bonchev–Trinajstić information content (AvgIpc) is 2.67. The van der Waals surface area contributed by atoms with Gasteiger partial charge in [0.15, 0.2) is 0 Å². The zero-order valence-electron chi connectivity index (χ0n) is 10.8. The maximum Gasteiger partial charge on any atom is 0.326 e. The number of benzene rings is 1. The summed E-state index contributed by atoms with van der Waals surface area (Å²) < 4.78 is 0. The number of hydrogen-bond acceptors (Lipinski definition) is 5. The number of nitro groups is 1. The van der Waals surface area contributed by atoms with Crippen molar-refractivity contribution >= 4 is 35.3 Å². The summed E-state index contributed by atoms with van der Waals surface area (Å²) >= 11 is 0. The van der Waals surface area contributed by atoms with Gasteiger partial charge >= 0.3 is 6.03 Å².